The number of rotatable bonds is 5. The molecule has 0 amide bonds. The molecule has 1 N–H and O–H groups in total. The van der Waals surface area contributed by atoms with Crippen LogP contribution in [0.1, 0.15) is 44.8 Å². The second-order valence-electron chi connectivity index (χ2n) is 4.53. The number of nitrogens with zero attached hydrogens (tertiary/aromatic N) is 1. The molecule has 0 saturated carbocycles. The normalized spacial score (nSPS) is 10.6. The Balaban J connectivity index is 2.18. The molecule has 0 spiro atoms. The highest BCUT2D eigenvalue weighted by Crippen LogP contribution is 2.23. The van der Waals surface area contributed by atoms with Crippen molar-refractivity contribution in [3.8, 4) is 0 Å². The van der Waals surface area contributed by atoms with Gasteiger partial charge in [0.1, 0.15) is 0 Å². The molecular formula is C15H17NO2S. The maximum atomic E-state index is 10.8. The lowest BCUT2D eigenvalue weighted by molar-refractivity contribution is 0.0697. The molecule has 1 aromatic heterocycles. The van der Waals surface area contributed by atoms with Crippen LogP contribution in [-0.4, -0.2) is 16.1 Å². The van der Waals surface area contributed by atoms with E-state index in [2.05, 4.69) is 11.9 Å². The van der Waals surface area contributed by atoms with Crippen molar-refractivity contribution >= 4 is 17.3 Å². The number of benzene rings is 1. The van der Waals surface area contributed by atoms with Crippen molar-refractivity contribution in [3.63, 3.8) is 0 Å². The standard InChI is InChI=1S/C15H17NO2S/c1-3-4-13-14(19-10(2)16-13)9-11-5-7-12(8-6-11)15(17)18/h5-8H,3-4,9H2,1-2H3,(H,17,18). The van der Waals surface area contributed by atoms with Crippen molar-refractivity contribution in [1.82, 2.24) is 4.98 Å². The second-order valence-corrected chi connectivity index (χ2v) is 5.82. The van der Waals surface area contributed by atoms with Crippen LogP contribution in [0.2, 0.25) is 0 Å². The van der Waals surface area contributed by atoms with Crippen molar-refractivity contribution in [2.24, 2.45) is 0 Å². The third-order valence-corrected chi connectivity index (χ3v) is 3.95. The SMILES string of the molecule is CCCc1nc(C)sc1Cc1ccc(C(=O)O)cc1. The number of hydrogen-bond donors (Lipinski definition) is 1. The van der Waals surface area contributed by atoms with Gasteiger partial charge in [-0.25, -0.2) is 9.78 Å². The van der Waals surface area contributed by atoms with E-state index in [1.807, 2.05) is 19.1 Å². The summed E-state index contributed by atoms with van der Waals surface area (Å²) in [5.74, 6) is -0.883. The first-order chi connectivity index (χ1) is 9.10. The molecule has 0 saturated heterocycles. The molecule has 2 rings (SSSR count). The summed E-state index contributed by atoms with van der Waals surface area (Å²) in [5, 5.41) is 9.97. The van der Waals surface area contributed by atoms with Crippen molar-refractivity contribution in [2.45, 2.75) is 33.1 Å². The van der Waals surface area contributed by atoms with Gasteiger partial charge in [-0.15, -0.1) is 11.3 Å². The first-order valence-corrected chi connectivity index (χ1v) is 7.19. The van der Waals surface area contributed by atoms with Crippen molar-refractivity contribution in [1.29, 1.82) is 0 Å². The molecule has 1 heterocycles. The minimum atomic E-state index is -0.883. The number of carbonyl (C=O) groups is 1. The van der Waals surface area contributed by atoms with E-state index in [0.717, 1.165) is 29.8 Å². The fourth-order valence-electron chi connectivity index (χ4n) is 2.03. The third-order valence-electron chi connectivity index (χ3n) is 2.94. The number of aromatic carboxylic acids is 1. The average molecular weight is 275 g/mol. The summed E-state index contributed by atoms with van der Waals surface area (Å²) in [6.45, 7) is 4.18. The number of thiazole rings is 1. The predicted octanol–water partition coefficient (Wildman–Crippen LogP) is 3.69. The molecule has 19 heavy (non-hydrogen) atoms. The van der Waals surface area contributed by atoms with E-state index in [-0.39, 0.29) is 0 Å². The minimum absolute atomic E-state index is 0.331. The van der Waals surface area contributed by atoms with Gasteiger partial charge in [-0.2, -0.15) is 0 Å². The summed E-state index contributed by atoms with van der Waals surface area (Å²) in [6, 6.07) is 7.08. The van der Waals surface area contributed by atoms with Gasteiger partial charge < -0.3 is 5.11 Å². The van der Waals surface area contributed by atoms with Gasteiger partial charge in [0.2, 0.25) is 0 Å². The molecule has 100 valence electrons. The predicted molar refractivity (Wildman–Crippen MR) is 77.1 cm³/mol. The second kappa shape index (κ2) is 5.97. The molecule has 0 aliphatic rings. The smallest absolute Gasteiger partial charge is 0.335 e. The zero-order valence-electron chi connectivity index (χ0n) is 11.1. The summed E-state index contributed by atoms with van der Waals surface area (Å²) >= 11 is 1.73. The van der Waals surface area contributed by atoms with Crippen LogP contribution < -0.4 is 0 Å². The van der Waals surface area contributed by atoms with Gasteiger partial charge in [0.15, 0.2) is 0 Å². The molecule has 0 aliphatic carbocycles. The van der Waals surface area contributed by atoms with Gasteiger partial charge in [0.05, 0.1) is 16.3 Å². The molecule has 4 heteroatoms. The average Bonchev–Trinajstić information content (AvgIpc) is 2.71. The highest BCUT2D eigenvalue weighted by atomic mass is 32.1. The van der Waals surface area contributed by atoms with Crippen LogP contribution in [0.4, 0.5) is 0 Å². The van der Waals surface area contributed by atoms with Crippen molar-refractivity contribution in [2.75, 3.05) is 0 Å². The summed E-state index contributed by atoms with van der Waals surface area (Å²) in [5.41, 5.74) is 2.65. The molecule has 3 nitrogen and oxygen atoms in total. The Hall–Kier alpha value is -1.68. The van der Waals surface area contributed by atoms with Gasteiger partial charge >= 0.3 is 5.97 Å². The molecule has 0 aliphatic heterocycles. The Labute approximate surface area is 116 Å². The Bertz CT molecular complexity index is 572. The maximum Gasteiger partial charge on any atom is 0.335 e. The first kappa shape index (κ1) is 13.7. The Morgan fingerprint density at radius 2 is 2.00 bits per heavy atom. The largest absolute Gasteiger partial charge is 0.478 e. The number of carboxylic acids is 1. The molecule has 0 radical (unpaired) electrons. The van der Waals surface area contributed by atoms with Crippen LogP contribution in [0.3, 0.4) is 0 Å². The molecular weight excluding hydrogens is 258 g/mol. The molecule has 1 aromatic carbocycles. The van der Waals surface area contributed by atoms with E-state index >= 15 is 0 Å². The fourth-order valence-corrected chi connectivity index (χ4v) is 3.05. The molecule has 2 aromatic rings. The highest BCUT2D eigenvalue weighted by Gasteiger charge is 2.09. The summed E-state index contributed by atoms with van der Waals surface area (Å²) in [6.07, 6.45) is 2.93. The van der Waals surface area contributed by atoms with E-state index in [9.17, 15) is 4.79 Å². The maximum absolute atomic E-state index is 10.8. The number of carboxylic acid groups (broad SMARTS) is 1. The monoisotopic (exact) mass is 275 g/mol. The van der Waals surface area contributed by atoms with E-state index in [0.29, 0.717) is 5.56 Å². The zero-order valence-corrected chi connectivity index (χ0v) is 12.0. The van der Waals surface area contributed by atoms with Crippen LogP contribution in [0, 0.1) is 6.92 Å². The van der Waals surface area contributed by atoms with Crippen LogP contribution in [-0.2, 0) is 12.8 Å². The van der Waals surface area contributed by atoms with E-state index < -0.39 is 5.97 Å². The van der Waals surface area contributed by atoms with Crippen LogP contribution >= 0.6 is 11.3 Å². The number of aryl methyl sites for hydroxylation is 2. The topological polar surface area (TPSA) is 50.2 Å². The summed E-state index contributed by atoms with van der Waals surface area (Å²) in [7, 11) is 0. The van der Waals surface area contributed by atoms with Gasteiger partial charge in [-0.1, -0.05) is 25.5 Å². The van der Waals surface area contributed by atoms with Crippen molar-refractivity contribution in [3.05, 3.63) is 51.0 Å². The Kier molecular flexibility index (Phi) is 4.32. The van der Waals surface area contributed by atoms with Gasteiger partial charge in [-0.05, 0) is 31.0 Å². The van der Waals surface area contributed by atoms with E-state index in [1.54, 1.807) is 23.5 Å². The minimum Gasteiger partial charge on any atom is -0.478 e. The van der Waals surface area contributed by atoms with Crippen molar-refractivity contribution < 1.29 is 9.90 Å². The number of hydrogen-bond acceptors (Lipinski definition) is 3. The van der Waals surface area contributed by atoms with Crippen LogP contribution in [0.5, 0.6) is 0 Å². The quantitative estimate of drug-likeness (QED) is 0.905. The van der Waals surface area contributed by atoms with E-state index in [1.165, 1.54) is 10.6 Å². The lowest BCUT2D eigenvalue weighted by atomic mass is 10.1. The van der Waals surface area contributed by atoms with Gasteiger partial charge in [0.25, 0.3) is 0 Å². The lowest BCUT2D eigenvalue weighted by Crippen LogP contribution is -1.97. The summed E-state index contributed by atoms with van der Waals surface area (Å²) in [4.78, 5) is 16.7. The highest BCUT2D eigenvalue weighted by molar-refractivity contribution is 7.11. The van der Waals surface area contributed by atoms with Crippen LogP contribution in [0.15, 0.2) is 24.3 Å². The van der Waals surface area contributed by atoms with Gasteiger partial charge in [0, 0.05) is 11.3 Å². The Morgan fingerprint density at radius 1 is 1.32 bits per heavy atom. The van der Waals surface area contributed by atoms with Crippen LogP contribution in [0.25, 0.3) is 0 Å². The zero-order chi connectivity index (χ0) is 13.8. The summed E-state index contributed by atoms with van der Waals surface area (Å²) < 4.78 is 0. The number of aromatic nitrogens is 1. The van der Waals surface area contributed by atoms with Gasteiger partial charge in [-0.3, -0.25) is 0 Å². The molecule has 0 atom stereocenters. The molecule has 0 bridgehead atoms. The Morgan fingerprint density at radius 3 is 2.58 bits per heavy atom. The first-order valence-electron chi connectivity index (χ1n) is 6.37. The van der Waals surface area contributed by atoms with E-state index in [4.69, 9.17) is 5.11 Å². The lowest BCUT2D eigenvalue weighted by Gasteiger charge is -2.02. The molecule has 0 fully saturated rings. The fraction of sp³-hybridized carbons (Fsp3) is 0.333. The third kappa shape index (κ3) is 3.41. The molecule has 0 unspecified atom stereocenters.